The molecule has 3 heteroatoms. The third-order valence-electron chi connectivity index (χ3n) is 3.21. The second kappa shape index (κ2) is 8.97. The first-order valence-corrected chi connectivity index (χ1v) is 6.47. The maximum absolute atomic E-state index is 5.61. The third-order valence-corrected chi connectivity index (χ3v) is 3.21. The smallest absolute Gasteiger partial charge is 0.0589 e. The van der Waals surface area contributed by atoms with Gasteiger partial charge in [0.2, 0.25) is 0 Å². The van der Waals surface area contributed by atoms with Gasteiger partial charge in [-0.25, -0.2) is 0 Å². The molecular formula is C13H30N2O. The van der Waals surface area contributed by atoms with Crippen molar-refractivity contribution in [2.75, 3.05) is 39.9 Å². The van der Waals surface area contributed by atoms with Crippen molar-refractivity contribution < 1.29 is 4.74 Å². The van der Waals surface area contributed by atoms with E-state index in [1.54, 1.807) is 7.11 Å². The molecule has 0 saturated carbocycles. The Hall–Kier alpha value is -0.120. The number of nitrogens with zero attached hydrogens (tertiary/aromatic N) is 1. The molecule has 0 aliphatic heterocycles. The molecule has 0 atom stereocenters. The van der Waals surface area contributed by atoms with Gasteiger partial charge in [-0.15, -0.1) is 0 Å². The molecular weight excluding hydrogens is 200 g/mol. The molecule has 98 valence electrons. The molecule has 0 rings (SSSR count). The zero-order valence-electron chi connectivity index (χ0n) is 11.6. The van der Waals surface area contributed by atoms with Gasteiger partial charge in [-0.2, -0.15) is 0 Å². The Bertz CT molecular complexity index is 160. The highest BCUT2D eigenvalue weighted by atomic mass is 16.5. The van der Waals surface area contributed by atoms with Gasteiger partial charge in [0.05, 0.1) is 6.61 Å². The molecule has 0 bridgehead atoms. The van der Waals surface area contributed by atoms with Gasteiger partial charge in [0.1, 0.15) is 0 Å². The normalized spacial score (nSPS) is 12.4. The number of ether oxygens (including phenoxy) is 1. The van der Waals surface area contributed by atoms with Crippen molar-refractivity contribution in [2.45, 2.75) is 40.0 Å². The molecule has 0 aliphatic carbocycles. The number of hydrogen-bond acceptors (Lipinski definition) is 3. The lowest BCUT2D eigenvalue weighted by molar-refractivity contribution is 0.146. The summed E-state index contributed by atoms with van der Waals surface area (Å²) in [4.78, 5) is 2.45. The van der Waals surface area contributed by atoms with Crippen LogP contribution in [0.15, 0.2) is 0 Å². The Labute approximate surface area is 101 Å². The lowest BCUT2D eigenvalue weighted by Crippen LogP contribution is -2.29. The summed E-state index contributed by atoms with van der Waals surface area (Å²) < 4.78 is 5.10. The van der Waals surface area contributed by atoms with Crippen molar-refractivity contribution in [1.29, 1.82) is 0 Å². The summed E-state index contributed by atoms with van der Waals surface area (Å²) in [5.74, 6) is 0. The number of rotatable bonds is 10. The third kappa shape index (κ3) is 8.08. The minimum absolute atomic E-state index is 0.398. The van der Waals surface area contributed by atoms with E-state index in [1.165, 1.54) is 19.4 Å². The maximum atomic E-state index is 5.61. The molecule has 0 amide bonds. The predicted molar refractivity (Wildman–Crippen MR) is 70.7 cm³/mol. The van der Waals surface area contributed by atoms with Gasteiger partial charge in [0.15, 0.2) is 0 Å². The number of hydrogen-bond donors (Lipinski definition) is 1. The zero-order valence-corrected chi connectivity index (χ0v) is 11.6. The van der Waals surface area contributed by atoms with Crippen LogP contribution < -0.4 is 5.73 Å². The van der Waals surface area contributed by atoms with Crippen molar-refractivity contribution in [3.63, 3.8) is 0 Å². The Balaban J connectivity index is 3.68. The van der Waals surface area contributed by atoms with E-state index in [0.29, 0.717) is 5.41 Å². The second-order valence-corrected chi connectivity index (χ2v) is 5.23. The van der Waals surface area contributed by atoms with Crippen LogP contribution in [0.3, 0.4) is 0 Å². The molecule has 0 saturated heterocycles. The molecule has 0 aromatic heterocycles. The lowest BCUT2D eigenvalue weighted by Gasteiger charge is -2.26. The quantitative estimate of drug-likeness (QED) is 0.625. The van der Waals surface area contributed by atoms with Crippen LogP contribution in [0.4, 0.5) is 0 Å². The Morgan fingerprint density at radius 3 is 2.38 bits per heavy atom. The van der Waals surface area contributed by atoms with Crippen LogP contribution in [0.1, 0.15) is 40.0 Å². The largest absolute Gasteiger partial charge is 0.383 e. The Morgan fingerprint density at radius 2 is 1.88 bits per heavy atom. The highest BCUT2D eigenvalue weighted by molar-refractivity contribution is 4.70. The van der Waals surface area contributed by atoms with Gasteiger partial charge < -0.3 is 15.4 Å². The standard InChI is InChI=1S/C13H30N2O/c1-5-15(11-12-16-4)10-6-7-13(2,3)8-9-14/h5-12,14H2,1-4H3. The van der Waals surface area contributed by atoms with Crippen LogP contribution in [0.25, 0.3) is 0 Å². The van der Waals surface area contributed by atoms with Gasteiger partial charge in [-0.05, 0) is 44.3 Å². The van der Waals surface area contributed by atoms with Gasteiger partial charge in [-0.1, -0.05) is 20.8 Å². The van der Waals surface area contributed by atoms with Gasteiger partial charge in [-0.3, -0.25) is 0 Å². The highest BCUT2D eigenvalue weighted by Gasteiger charge is 2.16. The van der Waals surface area contributed by atoms with E-state index in [0.717, 1.165) is 32.7 Å². The average molecular weight is 230 g/mol. The summed E-state index contributed by atoms with van der Waals surface area (Å²) >= 11 is 0. The van der Waals surface area contributed by atoms with Crippen molar-refractivity contribution in [3.8, 4) is 0 Å². The summed E-state index contributed by atoms with van der Waals surface area (Å²) in [5.41, 5.74) is 6.01. The fourth-order valence-electron chi connectivity index (χ4n) is 1.95. The zero-order chi connectivity index (χ0) is 12.4. The van der Waals surface area contributed by atoms with Crippen molar-refractivity contribution in [2.24, 2.45) is 11.1 Å². The summed E-state index contributed by atoms with van der Waals surface area (Å²) in [5, 5.41) is 0. The lowest BCUT2D eigenvalue weighted by atomic mass is 9.84. The molecule has 0 unspecified atom stereocenters. The fraction of sp³-hybridized carbons (Fsp3) is 1.00. The molecule has 3 nitrogen and oxygen atoms in total. The van der Waals surface area contributed by atoms with Crippen LogP contribution >= 0.6 is 0 Å². The molecule has 0 aromatic carbocycles. The number of nitrogens with two attached hydrogens (primary N) is 1. The average Bonchev–Trinajstić information content (AvgIpc) is 2.22. The molecule has 16 heavy (non-hydrogen) atoms. The molecule has 0 radical (unpaired) electrons. The van der Waals surface area contributed by atoms with E-state index in [4.69, 9.17) is 10.5 Å². The second-order valence-electron chi connectivity index (χ2n) is 5.23. The fourth-order valence-corrected chi connectivity index (χ4v) is 1.95. The molecule has 0 aromatic rings. The number of likely N-dealkylation sites (N-methyl/N-ethyl adjacent to an activating group) is 1. The van der Waals surface area contributed by atoms with E-state index in [-0.39, 0.29) is 0 Å². The monoisotopic (exact) mass is 230 g/mol. The first-order chi connectivity index (χ1) is 7.55. The molecule has 0 fully saturated rings. The minimum atomic E-state index is 0.398. The molecule has 2 N–H and O–H groups in total. The minimum Gasteiger partial charge on any atom is -0.383 e. The highest BCUT2D eigenvalue weighted by Crippen LogP contribution is 2.25. The summed E-state index contributed by atoms with van der Waals surface area (Å²) in [7, 11) is 1.76. The van der Waals surface area contributed by atoms with E-state index >= 15 is 0 Å². The Kier molecular flexibility index (Phi) is 8.90. The van der Waals surface area contributed by atoms with E-state index in [9.17, 15) is 0 Å². The van der Waals surface area contributed by atoms with Crippen LogP contribution in [-0.2, 0) is 4.74 Å². The van der Waals surface area contributed by atoms with Gasteiger partial charge in [0.25, 0.3) is 0 Å². The van der Waals surface area contributed by atoms with Gasteiger partial charge in [0, 0.05) is 13.7 Å². The van der Waals surface area contributed by atoms with Crippen LogP contribution in [0.5, 0.6) is 0 Å². The predicted octanol–water partition coefficient (Wildman–Crippen LogP) is 2.11. The molecule has 0 spiro atoms. The van der Waals surface area contributed by atoms with Crippen LogP contribution in [0.2, 0.25) is 0 Å². The number of methoxy groups -OCH3 is 1. The maximum Gasteiger partial charge on any atom is 0.0589 e. The van der Waals surface area contributed by atoms with Crippen LogP contribution in [-0.4, -0.2) is 44.8 Å². The first-order valence-electron chi connectivity index (χ1n) is 6.47. The summed E-state index contributed by atoms with van der Waals surface area (Å²) in [6.45, 7) is 11.8. The molecule has 0 heterocycles. The summed E-state index contributed by atoms with van der Waals surface area (Å²) in [6, 6.07) is 0. The van der Waals surface area contributed by atoms with E-state index < -0.39 is 0 Å². The van der Waals surface area contributed by atoms with Crippen LogP contribution in [0, 0.1) is 5.41 Å². The van der Waals surface area contributed by atoms with E-state index in [2.05, 4.69) is 25.7 Å². The first kappa shape index (κ1) is 15.9. The topological polar surface area (TPSA) is 38.5 Å². The van der Waals surface area contributed by atoms with Gasteiger partial charge >= 0.3 is 0 Å². The van der Waals surface area contributed by atoms with Crippen molar-refractivity contribution in [1.82, 2.24) is 4.90 Å². The van der Waals surface area contributed by atoms with Crippen molar-refractivity contribution in [3.05, 3.63) is 0 Å². The van der Waals surface area contributed by atoms with Crippen molar-refractivity contribution >= 4 is 0 Å². The van der Waals surface area contributed by atoms with E-state index in [1.807, 2.05) is 0 Å². The Morgan fingerprint density at radius 1 is 1.19 bits per heavy atom. The SMILES string of the molecule is CCN(CCCC(C)(C)CCN)CCOC. The summed E-state index contributed by atoms with van der Waals surface area (Å²) in [6.07, 6.45) is 3.63. The molecule has 0 aliphatic rings.